The lowest BCUT2D eigenvalue weighted by atomic mass is 10.0. The third-order valence-corrected chi connectivity index (χ3v) is 4.08. The van der Waals surface area contributed by atoms with Gasteiger partial charge in [-0.1, -0.05) is 41.4 Å². The van der Waals surface area contributed by atoms with Crippen LogP contribution in [0.2, 0.25) is 5.15 Å². The summed E-state index contributed by atoms with van der Waals surface area (Å²) >= 11 is 6.41. The molecule has 0 saturated heterocycles. The number of aromatic nitrogens is 2. The van der Waals surface area contributed by atoms with Gasteiger partial charge in [-0.2, -0.15) is 0 Å². The van der Waals surface area contributed by atoms with Crippen LogP contribution in [-0.4, -0.2) is 9.97 Å². The average molecular weight is 297 g/mol. The van der Waals surface area contributed by atoms with Gasteiger partial charge in [0.05, 0.1) is 5.52 Å². The fourth-order valence-corrected chi connectivity index (χ4v) is 3.05. The number of halogens is 1. The summed E-state index contributed by atoms with van der Waals surface area (Å²) in [6, 6.07) is 10.4. The van der Waals surface area contributed by atoms with Crippen LogP contribution in [0.4, 0.5) is 0 Å². The van der Waals surface area contributed by atoms with Crippen LogP contribution in [0.3, 0.4) is 0 Å². The summed E-state index contributed by atoms with van der Waals surface area (Å²) in [4.78, 5) is 9.30. The second kappa shape index (κ2) is 5.12. The molecule has 0 radical (unpaired) electrons. The van der Waals surface area contributed by atoms with Gasteiger partial charge >= 0.3 is 0 Å². The first-order chi connectivity index (χ1) is 9.97. The number of fused-ring (bicyclic) bond motifs is 1. The molecule has 106 valence electrons. The minimum atomic E-state index is 0.518. The summed E-state index contributed by atoms with van der Waals surface area (Å²) in [6.45, 7) is 8.27. The van der Waals surface area contributed by atoms with Gasteiger partial charge in [-0.25, -0.2) is 9.97 Å². The van der Waals surface area contributed by atoms with Crippen molar-refractivity contribution in [2.45, 2.75) is 27.7 Å². The molecule has 21 heavy (non-hydrogen) atoms. The molecule has 2 nitrogen and oxygen atoms in total. The Hall–Kier alpha value is -1.93. The van der Waals surface area contributed by atoms with E-state index in [0.717, 1.165) is 33.2 Å². The monoisotopic (exact) mass is 296 g/mol. The molecule has 1 heterocycles. The molecule has 1 aromatic heterocycles. The highest BCUT2D eigenvalue weighted by Crippen LogP contribution is 2.30. The lowest BCUT2D eigenvalue weighted by Crippen LogP contribution is -1.97. The van der Waals surface area contributed by atoms with E-state index in [4.69, 9.17) is 16.6 Å². The molecule has 3 aromatic rings. The van der Waals surface area contributed by atoms with Gasteiger partial charge in [0.25, 0.3) is 0 Å². The zero-order valence-electron chi connectivity index (χ0n) is 12.7. The molecular formula is C18H17ClN2. The minimum absolute atomic E-state index is 0.518. The van der Waals surface area contributed by atoms with E-state index in [2.05, 4.69) is 50.9 Å². The van der Waals surface area contributed by atoms with E-state index in [1.165, 1.54) is 5.56 Å². The number of hydrogen-bond acceptors (Lipinski definition) is 2. The summed E-state index contributed by atoms with van der Waals surface area (Å²) in [5, 5.41) is 1.44. The maximum absolute atomic E-state index is 6.41. The normalized spacial score (nSPS) is 11.1. The second-order valence-corrected chi connectivity index (χ2v) is 5.94. The van der Waals surface area contributed by atoms with Crippen LogP contribution in [0, 0.1) is 27.7 Å². The van der Waals surface area contributed by atoms with Crippen molar-refractivity contribution in [3.63, 3.8) is 0 Å². The Morgan fingerprint density at radius 1 is 0.857 bits per heavy atom. The van der Waals surface area contributed by atoms with Gasteiger partial charge in [-0.05, 0) is 50.5 Å². The molecule has 0 atom stereocenters. The van der Waals surface area contributed by atoms with Crippen molar-refractivity contribution in [2.24, 2.45) is 0 Å². The predicted octanol–water partition coefficient (Wildman–Crippen LogP) is 5.18. The summed E-state index contributed by atoms with van der Waals surface area (Å²) in [7, 11) is 0. The van der Waals surface area contributed by atoms with Crippen molar-refractivity contribution < 1.29 is 0 Å². The molecule has 3 heteroatoms. The Labute approximate surface area is 129 Å². The average Bonchev–Trinajstić information content (AvgIpc) is 2.40. The molecule has 0 aliphatic carbocycles. The Morgan fingerprint density at radius 2 is 1.52 bits per heavy atom. The van der Waals surface area contributed by atoms with Crippen molar-refractivity contribution in [1.29, 1.82) is 0 Å². The minimum Gasteiger partial charge on any atom is -0.228 e. The van der Waals surface area contributed by atoms with E-state index >= 15 is 0 Å². The van der Waals surface area contributed by atoms with Crippen LogP contribution in [0.15, 0.2) is 30.3 Å². The molecule has 0 aliphatic rings. The lowest BCUT2D eigenvalue weighted by Gasteiger charge is -2.11. The van der Waals surface area contributed by atoms with Crippen LogP contribution < -0.4 is 0 Å². The van der Waals surface area contributed by atoms with E-state index in [9.17, 15) is 0 Å². The maximum atomic E-state index is 6.41. The highest BCUT2D eigenvalue weighted by Gasteiger charge is 2.13. The van der Waals surface area contributed by atoms with Crippen molar-refractivity contribution in [1.82, 2.24) is 9.97 Å². The smallest absolute Gasteiger partial charge is 0.162 e. The fourth-order valence-electron chi connectivity index (χ4n) is 2.83. The fraction of sp³-hybridized carbons (Fsp3) is 0.222. The standard InChI is InChI=1S/C18H17ClN2/c1-10-8-13(4)16-14(9-10)17(19)21-18(20-16)15-11(2)6-5-7-12(15)3/h5-9H,1-4H3. The molecular weight excluding hydrogens is 280 g/mol. The van der Waals surface area contributed by atoms with Gasteiger partial charge in [0.15, 0.2) is 5.82 Å². The number of hydrogen-bond donors (Lipinski definition) is 0. The highest BCUT2D eigenvalue weighted by atomic mass is 35.5. The number of benzene rings is 2. The first-order valence-corrected chi connectivity index (χ1v) is 7.36. The zero-order chi connectivity index (χ0) is 15.1. The van der Waals surface area contributed by atoms with E-state index in [0.29, 0.717) is 11.0 Å². The zero-order valence-corrected chi connectivity index (χ0v) is 13.4. The third-order valence-electron chi connectivity index (χ3n) is 3.79. The van der Waals surface area contributed by atoms with Gasteiger partial charge in [0.1, 0.15) is 5.15 Å². The quantitative estimate of drug-likeness (QED) is 0.578. The van der Waals surface area contributed by atoms with Crippen molar-refractivity contribution >= 4 is 22.5 Å². The van der Waals surface area contributed by atoms with E-state index < -0.39 is 0 Å². The van der Waals surface area contributed by atoms with Gasteiger partial charge in [0, 0.05) is 10.9 Å². The molecule has 0 aliphatic heterocycles. The SMILES string of the molecule is Cc1cc(C)c2nc(-c3c(C)cccc3C)nc(Cl)c2c1. The largest absolute Gasteiger partial charge is 0.228 e. The van der Waals surface area contributed by atoms with Crippen molar-refractivity contribution in [3.05, 3.63) is 57.7 Å². The molecule has 3 rings (SSSR count). The molecule has 0 saturated carbocycles. The van der Waals surface area contributed by atoms with Crippen molar-refractivity contribution in [2.75, 3.05) is 0 Å². The van der Waals surface area contributed by atoms with Crippen LogP contribution in [-0.2, 0) is 0 Å². The Balaban J connectivity index is 2.36. The highest BCUT2D eigenvalue weighted by molar-refractivity contribution is 6.34. The van der Waals surface area contributed by atoms with Gasteiger partial charge in [0.2, 0.25) is 0 Å². The molecule has 2 aromatic carbocycles. The third kappa shape index (κ3) is 2.40. The van der Waals surface area contributed by atoms with E-state index in [-0.39, 0.29) is 0 Å². The van der Waals surface area contributed by atoms with Crippen LogP contribution in [0.25, 0.3) is 22.3 Å². The molecule has 0 spiro atoms. The molecule has 0 unspecified atom stereocenters. The predicted molar refractivity (Wildman–Crippen MR) is 88.9 cm³/mol. The van der Waals surface area contributed by atoms with E-state index in [1.807, 2.05) is 12.1 Å². The van der Waals surface area contributed by atoms with Gasteiger partial charge < -0.3 is 0 Å². The molecule has 0 fully saturated rings. The van der Waals surface area contributed by atoms with Crippen molar-refractivity contribution in [3.8, 4) is 11.4 Å². The van der Waals surface area contributed by atoms with Gasteiger partial charge in [-0.15, -0.1) is 0 Å². The van der Waals surface area contributed by atoms with Gasteiger partial charge in [-0.3, -0.25) is 0 Å². The van der Waals surface area contributed by atoms with Crippen LogP contribution >= 0.6 is 11.6 Å². The Bertz CT molecular complexity index is 833. The Kier molecular flexibility index (Phi) is 3.42. The lowest BCUT2D eigenvalue weighted by molar-refractivity contribution is 1.19. The Morgan fingerprint density at radius 3 is 2.19 bits per heavy atom. The summed E-state index contributed by atoms with van der Waals surface area (Å²) in [5.74, 6) is 0.704. The van der Waals surface area contributed by atoms with Crippen LogP contribution in [0.1, 0.15) is 22.3 Å². The number of aryl methyl sites for hydroxylation is 4. The molecule has 0 amide bonds. The first-order valence-electron chi connectivity index (χ1n) is 6.98. The van der Waals surface area contributed by atoms with Crippen LogP contribution in [0.5, 0.6) is 0 Å². The number of nitrogens with zero attached hydrogens (tertiary/aromatic N) is 2. The first kappa shape index (κ1) is 14.0. The molecule has 0 N–H and O–H groups in total. The second-order valence-electron chi connectivity index (χ2n) is 5.58. The number of rotatable bonds is 1. The van der Waals surface area contributed by atoms with E-state index in [1.54, 1.807) is 0 Å². The topological polar surface area (TPSA) is 25.8 Å². The maximum Gasteiger partial charge on any atom is 0.162 e. The summed E-state index contributed by atoms with van der Waals surface area (Å²) < 4.78 is 0. The summed E-state index contributed by atoms with van der Waals surface area (Å²) in [5.41, 5.74) is 6.62. The summed E-state index contributed by atoms with van der Waals surface area (Å²) in [6.07, 6.45) is 0. The molecule has 0 bridgehead atoms.